The number of rotatable bonds is 3. The van der Waals surface area contributed by atoms with Gasteiger partial charge in [0.1, 0.15) is 0 Å². The zero-order valence-electron chi connectivity index (χ0n) is 9.82. The summed E-state index contributed by atoms with van der Waals surface area (Å²) in [5.41, 5.74) is 0. The van der Waals surface area contributed by atoms with E-state index in [-0.39, 0.29) is 0 Å². The molecule has 0 amide bonds. The van der Waals surface area contributed by atoms with Gasteiger partial charge in [0.25, 0.3) is 0 Å². The molecule has 0 radical (unpaired) electrons. The number of hydrogen-bond acceptors (Lipinski definition) is 3. The molecule has 16 heavy (non-hydrogen) atoms. The van der Waals surface area contributed by atoms with Crippen LogP contribution in [0.15, 0.2) is 12.1 Å². The maximum absolute atomic E-state index is 10.7. The largest absolute Gasteiger partial charge is 0.364 e. The summed E-state index contributed by atoms with van der Waals surface area (Å²) in [5.74, 6) is 0. The van der Waals surface area contributed by atoms with Crippen LogP contribution in [0, 0.1) is 0 Å². The first kappa shape index (κ1) is 11.6. The third-order valence-corrected chi connectivity index (χ3v) is 4.55. The van der Waals surface area contributed by atoms with E-state index in [0.717, 1.165) is 11.2 Å². The summed E-state index contributed by atoms with van der Waals surface area (Å²) in [7, 11) is 2.16. The van der Waals surface area contributed by atoms with E-state index in [1.807, 2.05) is 6.07 Å². The second-order valence-electron chi connectivity index (χ2n) is 4.55. The minimum atomic E-state index is 0.667. The summed E-state index contributed by atoms with van der Waals surface area (Å²) in [6.45, 7) is 0. The highest BCUT2D eigenvalue weighted by Gasteiger charge is 2.18. The fourth-order valence-electron chi connectivity index (χ4n) is 2.42. The predicted octanol–water partition coefficient (Wildman–Crippen LogP) is 3.72. The average molecular weight is 237 g/mol. The highest BCUT2D eigenvalue weighted by atomic mass is 32.1. The molecule has 1 aromatic heterocycles. The Bertz CT molecular complexity index is 339. The normalized spacial score (nSPS) is 18.1. The Kier molecular flexibility index (Phi) is 3.99. The van der Waals surface area contributed by atoms with Gasteiger partial charge >= 0.3 is 0 Å². The number of nitrogens with zero attached hydrogens (tertiary/aromatic N) is 1. The van der Waals surface area contributed by atoms with E-state index in [1.54, 1.807) is 11.3 Å². The Morgan fingerprint density at radius 1 is 1.25 bits per heavy atom. The van der Waals surface area contributed by atoms with Gasteiger partial charge < -0.3 is 4.90 Å². The lowest BCUT2D eigenvalue weighted by Gasteiger charge is -2.27. The van der Waals surface area contributed by atoms with Crippen LogP contribution >= 0.6 is 11.3 Å². The van der Waals surface area contributed by atoms with Crippen LogP contribution in [0.2, 0.25) is 0 Å². The maximum atomic E-state index is 10.7. The molecule has 0 atom stereocenters. The van der Waals surface area contributed by atoms with E-state index in [9.17, 15) is 4.79 Å². The number of carbonyl (C=O) groups is 1. The molecule has 0 bridgehead atoms. The molecule has 3 heteroatoms. The van der Waals surface area contributed by atoms with E-state index < -0.39 is 0 Å². The fraction of sp³-hybridized carbons (Fsp3) is 0.615. The van der Waals surface area contributed by atoms with Gasteiger partial charge in [0.15, 0.2) is 6.29 Å². The van der Waals surface area contributed by atoms with Gasteiger partial charge in [0.2, 0.25) is 0 Å². The topological polar surface area (TPSA) is 20.3 Å². The van der Waals surface area contributed by atoms with Crippen LogP contribution in [0.1, 0.15) is 48.2 Å². The smallest absolute Gasteiger partial charge is 0.160 e. The van der Waals surface area contributed by atoms with E-state index in [0.29, 0.717) is 6.04 Å². The van der Waals surface area contributed by atoms with Crippen LogP contribution in [0.4, 0.5) is 5.00 Å². The second-order valence-corrected chi connectivity index (χ2v) is 5.64. The van der Waals surface area contributed by atoms with Gasteiger partial charge in [-0.15, -0.1) is 11.3 Å². The third kappa shape index (κ3) is 2.64. The maximum Gasteiger partial charge on any atom is 0.160 e. The quantitative estimate of drug-likeness (QED) is 0.590. The van der Waals surface area contributed by atoms with Crippen molar-refractivity contribution < 1.29 is 4.79 Å². The summed E-state index contributed by atoms with van der Waals surface area (Å²) in [5, 5.41) is 1.23. The monoisotopic (exact) mass is 237 g/mol. The molecule has 0 aliphatic heterocycles. The SMILES string of the molecule is CN(c1ccc(C=O)s1)C1CCCCCC1. The summed E-state index contributed by atoms with van der Waals surface area (Å²) in [6, 6.07) is 4.65. The molecule has 2 nitrogen and oxygen atoms in total. The minimum absolute atomic E-state index is 0.667. The zero-order chi connectivity index (χ0) is 11.4. The Balaban J connectivity index is 2.04. The molecule has 1 heterocycles. The Morgan fingerprint density at radius 2 is 1.94 bits per heavy atom. The van der Waals surface area contributed by atoms with Crippen LogP contribution in [-0.2, 0) is 0 Å². The first-order chi connectivity index (χ1) is 7.81. The van der Waals surface area contributed by atoms with Crippen molar-refractivity contribution in [2.24, 2.45) is 0 Å². The van der Waals surface area contributed by atoms with Gasteiger partial charge in [-0.1, -0.05) is 25.7 Å². The molecule has 1 aliphatic rings. The molecular formula is C13H19NOS. The number of hydrogen-bond donors (Lipinski definition) is 0. The second kappa shape index (κ2) is 5.48. The molecule has 88 valence electrons. The van der Waals surface area contributed by atoms with Crippen molar-refractivity contribution in [2.75, 3.05) is 11.9 Å². The molecule has 1 fully saturated rings. The number of aldehydes is 1. The molecule has 0 saturated heterocycles. The van der Waals surface area contributed by atoms with Crippen LogP contribution < -0.4 is 4.90 Å². The first-order valence-electron chi connectivity index (χ1n) is 6.09. The highest BCUT2D eigenvalue weighted by molar-refractivity contribution is 7.17. The van der Waals surface area contributed by atoms with Crippen LogP contribution in [-0.4, -0.2) is 19.4 Å². The molecule has 2 rings (SSSR count). The number of anilines is 1. The molecule has 1 aromatic rings. The molecule has 0 unspecified atom stereocenters. The van der Waals surface area contributed by atoms with Crippen molar-refractivity contribution in [3.05, 3.63) is 17.0 Å². The van der Waals surface area contributed by atoms with E-state index >= 15 is 0 Å². The predicted molar refractivity (Wildman–Crippen MR) is 69.6 cm³/mol. The van der Waals surface area contributed by atoms with Crippen molar-refractivity contribution in [3.8, 4) is 0 Å². The highest BCUT2D eigenvalue weighted by Crippen LogP contribution is 2.30. The lowest BCUT2D eigenvalue weighted by molar-refractivity contribution is 0.112. The van der Waals surface area contributed by atoms with Crippen molar-refractivity contribution in [1.29, 1.82) is 0 Å². The molecular weight excluding hydrogens is 218 g/mol. The van der Waals surface area contributed by atoms with Gasteiger partial charge in [-0.05, 0) is 25.0 Å². The molecule has 0 spiro atoms. The van der Waals surface area contributed by atoms with Gasteiger partial charge in [-0.25, -0.2) is 0 Å². The summed E-state index contributed by atoms with van der Waals surface area (Å²) < 4.78 is 0. The van der Waals surface area contributed by atoms with E-state index in [2.05, 4.69) is 18.0 Å². The van der Waals surface area contributed by atoms with E-state index in [1.165, 1.54) is 43.5 Å². The molecule has 0 N–H and O–H groups in total. The standard InChI is InChI=1S/C13H19NOS/c1-14(11-6-4-2-3-5-7-11)13-9-8-12(10-15)16-13/h8-11H,2-7H2,1H3. The number of thiophene rings is 1. The Labute approximate surface area is 101 Å². The van der Waals surface area contributed by atoms with Crippen LogP contribution in [0.5, 0.6) is 0 Å². The van der Waals surface area contributed by atoms with Crippen molar-refractivity contribution in [1.82, 2.24) is 0 Å². The van der Waals surface area contributed by atoms with Crippen LogP contribution in [0.25, 0.3) is 0 Å². The van der Waals surface area contributed by atoms with Gasteiger partial charge in [0, 0.05) is 13.1 Å². The summed E-state index contributed by atoms with van der Waals surface area (Å²) in [4.78, 5) is 13.9. The van der Waals surface area contributed by atoms with E-state index in [4.69, 9.17) is 0 Å². The summed E-state index contributed by atoms with van der Waals surface area (Å²) >= 11 is 1.60. The third-order valence-electron chi connectivity index (χ3n) is 3.45. The van der Waals surface area contributed by atoms with Crippen molar-refractivity contribution in [3.63, 3.8) is 0 Å². The summed E-state index contributed by atoms with van der Waals surface area (Å²) in [6.07, 6.45) is 9.00. The van der Waals surface area contributed by atoms with Gasteiger partial charge in [-0.2, -0.15) is 0 Å². The Hall–Kier alpha value is -0.830. The lowest BCUT2D eigenvalue weighted by Crippen LogP contribution is -2.30. The molecule has 0 aromatic carbocycles. The van der Waals surface area contributed by atoms with Crippen molar-refractivity contribution >= 4 is 22.6 Å². The zero-order valence-corrected chi connectivity index (χ0v) is 10.6. The minimum Gasteiger partial charge on any atom is -0.364 e. The molecule has 1 saturated carbocycles. The number of carbonyl (C=O) groups excluding carboxylic acids is 1. The van der Waals surface area contributed by atoms with Crippen LogP contribution in [0.3, 0.4) is 0 Å². The van der Waals surface area contributed by atoms with Crippen molar-refractivity contribution in [2.45, 2.75) is 44.6 Å². The fourth-order valence-corrected chi connectivity index (χ4v) is 3.28. The lowest BCUT2D eigenvalue weighted by atomic mass is 10.1. The molecule has 1 aliphatic carbocycles. The van der Waals surface area contributed by atoms with Gasteiger partial charge in [-0.3, -0.25) is 4.79 Å². The average Bonchev–Trinajstić information content (AvgIpc) is 2.62. The first-order valence-corrected chi connectivity index (χ1v) is 6.91. The van der Waals surface area contributed by atoms with Gasteiger partial charge in [0.05, 0.1) is 9.88 Å². The Morgan fingerprint density at radius 3 is 2.50 bits per heavy atom.